The van der Waals surface area contributed by atoms with E-state index in [1.165, 1.54) is 0 Å². The number of nitrogens with one attached hydrogen (secondary N) is 1. The van der Waals surface area contributed by atoms with Crippen molar-refractivity contribution in [2.75, 3.05) is 36.5 Å². The molecule has 138 valence electrons. The van der Waals surface area contributed by atoms with Gasteiger partial charge in [-0.3, -0.25) is 14.5 Å². The number of aromatic nitrogens is 2. The summed E-state index contributed by atoms with van der Waals surface area (Å²) in [6, 6.07) is 7.64. The number of para-hydroxylation sites is 2. The van der Waals surface area contributed by atoms with Gasteiger partial charge in [0.2, 0.25) is 11.8 Å². The molecule has 0 radical (unpaired) electrons. The minimum atomic E-state index is -0.464. The molecule has 2 aromatic rings. The highest BCUT2D eigenvalue weighted by Gasteiger charge is 2.28. The topological polar surface area (TPSA) is 78.4 Å². The van der Waals surface area contributed by atoms with Crippen LogP contribution in [0.15, 0.2) is 24.3 Å². The number of carbonyl (C=O) groups is 2. The van der Waals surface area contributed by atoms with Crippen molar-refractivity contribution in [2.45, 2.75) is 27.2 Å². The van der Waals surface area contributed by atoms with E-state index in [2.05, 4.69) is 15.3 Å². The van der Waals surface area contributed by atoms with Crippen LogP contribution in [0.1, 0.15) is 27.2 Å². The Bertz CT molecular complexity index is 843. The largest absolute Gasteiger partial charge is 0.355 e. The maximum atomic E-state index is 12.7. The van der Waals surface area contributed by atoms with Crippen molar-refractivity contribution in [2.24, 2.45) is 5.41 Å². The number of nitrogens with zero attached hydrogens (tertiary/aromatic N) is 4. The van der Waals surface area contributed by atoms with Crippen molar-refractivity contribution in [1.82, 2.24) is 15.3 Å². The SMILES string of the molecule is CN1CCN(C(=O)CCNC(=O)C(C)(C)C)c2nc3ccccc3nc21. The molecule has 3 rings (SSSR count). The number of amides is 2. The lowest BCUT2D eigenvalue weighted by Crippen LogP contribution is -2.45. The Morgan fingerprint density at radius 2 is 1.69 bits per heavy atom. The predicted octanol–water partition coefficient (Wildman–Crippen LogP) is 1.96. The van der Waals surface area contributed by atoms with E-state index in [4.69, 9.17) is 0 Å². The third-order valence-electron chi connectivity index (χ3n) is 4.42. The molecule has 2 heterocycles. The Labute approximate surface area is 153 Å². The number of likely N-dealkylation sites (N-methyl/N-ethyl adjacent to an activating group) is 1. The molecule has 0 bridgehead atoms. The third kappa shape index (κ3) is 3.61. The molecule has 1 aliphatic rings. The van der Waals surface area contributed by atoms with Crippen molar-refractivity contribution >= 4 is 34.5 Å². The zero-order chi connectivity index (χ0) is 18.9. The molecular weight excluding hydrogens is 330 g/mol. The van der Waals surface area contributed by atoms with Crippen molar-refractivity contribution in [3.63, 3.8) is 0 Å². The number of fused-ring (bicyclic) bond motifs is 2. The molecular formula is C19H25N5O2. The summed E-state index contributed by atoms with van der Waals surface area (Å²) in [5, 5.41) is 2.82. The molecule has 0 saturated heterocycles. The van der Waals surface area contributed by atoms with E-state index in [9.17, 15) is 9.59 Å². The molecule has 0 aliphatic carbocycles. The zero-order valence-electron chi connectivity index (χ0n) is 15.7. The lowest BCUT2D eigenvalue weighted by Gasteiger charge is -2.33. The van der Waals surface area contributed by atoms with Crippen molar-refractivity contribution < 1.29 is 9.59 Å². The lowest BCUT2D eigenvalue weighted by atomic mass is 9.96. The van der Waals surface area contributed by atoms with E-state index in [1.807, 2.05) is 57.0 Å². The number of carbonyl (C=O) groups excluding carboxylic acids is 2. The fourth-order valence-electron chi connectivity index (χ4n) is 2.81. The van der Waals surface area contributed by atoms with E-state index < -0.39 is 5.41 Å². The fourth-order valence-corrected chi connectivity index (χ4v) is 2.81. The summed E-state index contributed by atoms with van der Waals surface area (Å²) in [5.74, 6) is 1.18. The van der Waals surface area contributed by atoms with Crippen molar-refractivity contribution in [3.8, 4) is 0 Å². The molecule has 0 spiro atoms. The summed E-state index contributed by atoms with van der Waals surface area (Å²) >= 11 is 0. The molecule has 1 aromatic heterocycles. The number of hydrogen-bond acceptors (Lipinski definition) is 5. The summed E-state index contributed by atoms with van der Waals surface area (Å²) in [7, 11) is 1.95. The summed E-state index contributed by atoms with van der Waals surface area (Å²) < 4.78 is 0. The average Bonchev–Trinajstić information content (AvgIpc) is 2.59. The first kappa shape index (κ1) is 18.1. The Hall–Kier alpha value is -2.70. The minimum absolute atomic E-state index is 0.0573. The highest BCUT2D eigenvalue weighted by Crippen LogP contribution is 2.30. The molecule has 1 aliphatic heterocycles. The molecule has 1 N–H and O–H groups in total. The molecule has 7 nitrogen and oxygen atoms in total. The second-order valence-corrected chi connectivity index (χ2v) is 7.58. The van der Waals surface area contributed by atoms with Crippen molar-refractivity contribution in [3.05, 3.63) is 24.3 Å². The number of anilines is 2. The van der Waals surface area contributed by atoms with E-state index >= 15 is 0 Å². The van der Waals surface area contributed by atoms with Crippen LogP contribution < -0.4 is 15.1 Å². The van der Waals surface area contributed by atoms with Gasteiger partial charge in [0, 0.05) is 38.5 Å². The van der Waals surface area contributed by atoms with Gasteiger partial charge in [0.1, 0.15) is 0 Å². The maximum Gasteiger partial charge on any atom is 0.230 e. The Balaban J connectivity index is 1.77. The highest BCUT2D eigenvalue weighted by molar-refractivity contribution is 5.97. The van der Waals surface area contributed by atoms with Gasteiger partial charge in [-0.05, 0) is 12.1 Å². The molecule has 2 amide bonds. The first-order valence-corrected chi connectivity index (χ1v) is 8.84. The van der Waals surface area contributed by atoms with Crippen molar-refractivity contribution in [1.29, 1.82) is 0 Å². The Kier molecular flexibility index (Phi) is 4.80. The monoisotopic (exact) mass is 355 g/mol. The summed E-state index contributed by atoms with van der Waals surface area (Å²) in [5.41, 5.74) is 1.11. The predicted molar refractivity (Wildman–Crippen MR) is 102 cm³/mol. The number of benzene rings is 1. The molecule has 0 unspecified atom stereocenters. The summed E-state index contributed by atoms with van der Waals surface area (Å²) in [6.45, 7) is 7.12. The number of rotatable bonds is 3. The van der Waals surface area contributed by atoms with Gasteiger partial charge in [-0.2, -0.15) is 0 Å². The van der Waals surface area contributed by atoms with E-state index in [0.29, 0.717) is 31.3 Å². The van der Waals surface area contributed by atoms with E-state index in [1.54, 1.807) is 4.90 Å². The second kappa shape index (κ2) is 6.90. The quantitative estimate of drug-likeness (QED) is 0.911. The van der Waals surface area contributed by atoms with Gasteiger partial charge in [-0.15, -0.1) is 0 Å². The Morgan fingerprint density at radius 1 is 1.08 bits per heavy atom. The average molecular weight is 355 g/mol. The number of hydrogen-bond donors (Lipinski definition) is 1. The summed E-state index contributed by atoms with van der Waals surface area (Å²) in [6.07, 6.45) is 0.236. The zero-order valence-corrected chi connectivity index (χ0v) is 15.7. The molecule has 7 heteroatoms. The third-order valence-corrected chi connectivity index (χ3v) is 4.42. The first-order valence-electron chi connectivity index (χ1n) is 8.84. The molecule has 26 heavy (non-hydrogen) atoms. The van der Waals surface area contributed by atoms with Gasteiger partial charge >= 0.3 is 0 Å². The standard InChI is InChI=1S/C19H25N5O2/c1-19(2,3)18(26)20-10-9-15(25)24-12-11-23(4)16-17(24)22-14-8-6-5-7-13(14)21-16/h5-8H,9-12H2,1-4H3,(H,20,26). The first-order chi connectivity index (χ1) is 12.3. The van der Waals surface area contributed by atoms with Crippen LogP contribution in [0.25, 0.3) is 11.0 Å². The highest BCUT2D eigenvalue weighted by atomic mass is 16.2. The van der Waals surface area contributed by atoms with Crippen LogP contribution in [-0.4, -0.2) is 48.5 Å². The van der Waals surface area contributed by atoms with Crippen LogP contribution in [0.4, 0.5) is 11.6 Å². The smallest absolute Gasteiger partial charge is 0.230 e. The van der Waals surface area contributed by atoms with E-state index in [-0.39, 0.29) is 18.2 Å². The van der Waals surface area contributed by atoms with Crippen LogP contribution in [0.5, 0.6) is 0 Å². The normalized spacial score (nSPS) is 14.3. The van der Waals surface area contributed by atoms with Gasteiger partial charge in [0.05, 0.1) is 11.0 Å². The summed E-state index contributed by atoms with van der Waals surface area (Å²) in [4.78, 5) is 37.7. The van der Waals surface area contributed by atoms with Crippen LogP contribution in [0.3, 0.4) is 0 Å². The van der Waals surface area contributed by atoms with Gasteiger partial charge in [-0.25, -0.2) is 9.97 Å². The maximum absolute atomic E-state index is 12.7. The van der Waals surface area contributed by atoms with E-state index in [0.717, 1.165) is 11.0 Å². The minimum Gasteiger partial charge on any atom is -0.355 e. The van der Waals surface area contributed by atoms with Crippen LogP contribution in [0.2, 0.25) is 0 Å². The Morgan fingerprint density at radius 3 is 2.31 bits per heavy atom. The second-order valence-electron chi connectivity index (χ2n) is 7.58. The molecule has 0 atom stereocenters. The van der Waals surface area contributed by atoms with Gasteiger partial charge in [-0.1, -0.05) is 32.9 Å². The van der Waals surface area contributed by atoms with Gasteiger partial charge < -0.3 is 10.2 Å². The van der Waals surface area contributed by atoms with Gasteiger partial charge in [0.25, 0.3) is 0 Å². The molecule has 0 saturated carbocycles. The molecule has 1 aromatic carbocycles. The van der Waals surface area contributed by atoms with Crippen LogP contribution in [-0.2, 0) is 9.59 Å². The fraction of sp³-hybridized carbons (Fsp3) is 0.474. The van der Waals surface area contributed by atoms with Crippen LogP contribution in [0, 0.1) is 5.41 Å². The van der Waals surface area contributed by atoms with Crippen LogP contribution >= 0.6 is 0 Å². The lowest BCUT2D eigenvalue weighted by molar-refractivity contribution is -0.128. The van der Waals surface area contributed by atoms with Gasteiger partial charge in [0.15, 0.2) is 11.6 Å². The molecule has 0 fully saturated rings.